The molecule has 1 N–H and O–H groups in total. The molecule has 0 saturated carbocycles. The van der Waals surface area contributed by atoms with Crippen LogP contribution in [0.15, 0.2) is 12.1 Å². The molecule has 0 spiro atoms. The molecule has 86 valence electrons. The summed E-state index contributed by atoms with van der Waals surface area (Å²) in [5, 5.41) is 3.46. The van der Waals surface area contributed by atoms with E-state index in [9.17, 15) is 0 Å². The van der Waals surface area contributed by atoms with E-state index in [1.807, 2.05) is 0 Å². The van der Waals surface area contributed by atoms with Gasteiger partial charge in [-0.15, -0.1) is 0 Å². The third-order valence-corrected chi connectivity index (χ3v) is 3.61. The SMILES string of the molecule is C[C@H]1CN(c2ccc3c(n2)CCC3)CCN1. The summed E-state index contributed by atoms with van der Waals surface area (Å²) in [5.41, 5.74) is 2.80. The monoisotopic (exact) mass is 217 g/mol. The molecule has 1 aromatic heterocycles. The Bertz CT molecular complexity index is 389. The summed E-state index contributed by atoms with van der Waals surface area (Å²) >= 11 is 0. The highest BCUT2D eigenvalue weighted by Gasteiger charge is 2.19. The molecule has 0 unspecified atom stereocenters. The van der Waals surface area contributed by atoms with Crippen LogP contribution < -0.4 is 10.2 Å². The molecule has 0 amide bonds. The van der Waals surface area contributed by atoms with Crippen LogP contribution in [0.4, 0.5) is 5.82 Å². The first kappa shape index (κ1) is 10.1. The average Bonchev–Trinajstić information content (AvgIpc) is 2.75. The molecule has 3 heteroatoms. The highest BCUT2D eigenvalue weighted by atomic mass is 15.2. The molecule has 16 heavy (non-hydrogen) atoms. The lowest BCUT2D eigenvalue weighted by atomic mass is 10.2. The fraction of sp³-hybridized carbons (Fsp3) is 0.615. The van der Waals surface area contributed by atoms with Crippen LogP contribution in [0.25, 0.3) is 0 Å². The van der Waals surface area contributed by atoms with Gasteiger partial charge < -0.3 is 10.2 Å². The van der Waals surface area contributed by atoms with Gasteiger partial charge in [-0.1, -0.05) is 6.07 Å². The minimum absolute atomic E-state index is 0.573. The molecular formula is C13H19N3. The number of hydrogen-bond acceptors (Lipinski definition) is 3. The van der Waals surface area contributed by atoms with Gasteiger partial charge in [0.15, 0.2) is 0 Å². The molecule has 0 aromatic carbocycles. The average molecular weight is 217 g/mol. The zero-order valence-electron chi connectivity index (χ0n) is 9.87. The van der Waals surface area contributed by atoms with Crippen molar-refractivity contribution in [3.05, 3.63) is 23.4 Å². The predicted octanol–water partition coefficient (Wildman–Crippen LogP) is 1.37. The summed E-state index contributed by atoms with van der Waals surface area (Å²) in [6, 6.07) is 5.04. The molecule has 1 fully saturated rings. The van der Waals surface area contributed by atoms with Crippen molar-refractivity contribution in [1.29, 1.82) is 0 Å². The highest BCUT2D eigenvalue weighted by Crippen LogP contribution is 2.23. The largest absolute Gasteiger partial charge is 0.354 e. The van der Waals surface area contributed by atoms with Crippen molar-refractivity contribution in [3.8, 4) is 0 Å². The summed E-state index contributed by atoms with van der Waals surface area (Å²) < 4.78 is 0. The van der Waals surface area contributed by atoms with Gasteiger partial charge >= 0.3 is 0 Å². The van der Waals surface area contributed by atoms with E-state index in [1.54, 1.807) is 0 Å². The Labute approximate surface area is 96.9 Å². The molecule has 3 nitrogen and oxygen atoms in total. The van der Waals surface area contributed by atoms with E-state index in [2.05, 4.69) is 29.3 Å². The molecule has 1 atom stereocenters. The second kappa shape index (κ2) is 4.06. The van der Waals surface area contributed by atoms with Gasteiger partial charge in [0.1, 0.15) is 5.82 Å². The maximum atomic E-state index is 4.81. The summed E-state index contributed by atoms with van der Waals surface area (Å²) in [6.45, 7) is 5.46. The lowest BCUT2D eigenvalue weighted by molar-refractivity contribution is 0.482. The van der Waals surface area contributed by atoms with Crippen molar-refractivity contribution < 1.29 is 0 Å². The third-order valence-electron chi connectivity index (χ3n) is 3.61. The summed E-state index contributed by atoms with van der Waals surface area (Å²) in [4.78, 5) is 7.21. The first-order chi connectivity index (χ1) is 7.83. The van der Waals surface area contributed by atoms with Gasteiger partial charge in [0.2, 0.25) is 0 Å². The first-order valence-corrected chi connectivity index (χ1v) is 6.30. The Kier molecular flexibility index (Phi) is 2.56. The van der Waals surface area contributed by atoms with Gasteiger partial charge in [-0.25, -0.2) is 4.98 Å². The van der Waals surface area contributed by atoms with E-state index in [0.29, 0.717) is 6.04 Å². The molecule has 1 aromatic rings. The fourth-order valence-electron chi connectivity index (χ4n) is 2.73. The first-order valence-electron chi connectivity index (χ1n) is 6.30. The van der Waals surface area contributed by atoms with E-state index in [0.717, 1.165) is 19.6 Å². The van der Waals surface area contributed by atoms with Crippen molar-refractivity contribution in [3.63, 3.8) is 0 Å². The van der Waals surface area contributed by atoms with E-state index < -0.39 is 0 Å². The number of fused-ring (bicyclic) bond motifs is 1. The van der Waals surface area contributed by atoms with Crippen LogP contribution in [0, 0.1) is 0 Å². The van der Waals surface area contributed by atoms with E-state index in [4.69, 9.17) is 4.98 Å². The Balaban J connectivity index is 1.83. The molecule has 2 aliphatic rings. The van der Waals surface area contributed by atoms with Gasteiger partial charge in [0.25, 0.3) is 0 Å². The van der Waals surface area contributed by atoms with Crippen LogP contribution in [0.3, 0.4) is 0 Å². The topological polar surface area (TPSA) is 28.2 Å². The van der Waals surface area contributed by atoms with Crippen LogP contribution in [-0.2, 0) is 12.8 Å². The Morgan fingerprint density at radius 3 is 3.19 bits per heavy atom. The summed E-state index contributed by atoms with van der Waals surface area (Å²) in [5.74, 6) is 1.18. The number of aryl methyl sites for hydroxylation is 2. The van der Waals surface area contributed by atoms with Crippen LogP contribution in [0.1, 0.15) is 24.6 Å². The zero-order chi connectivity index (χ0) is 11.0. The number of anilines is 1. The maximum absolute atomic E-state index is 4.81. The summed E-state index contributed by atoms with van der Waals surface area (Å²) in [7, 11) is 0. The van der Waals surface area contributed by atoms with E-state index in [-0.39, 0.29) is 0 Å². The maximum Gasteiger partial charge on any atom is 0.128 e. The van der Waals surface area contributed by atoms with Gasteiger partial charge in [0.05, 0.1) is 0 Å². The number of rotatable bonds is 1. The molecule has 1 aliphatic carbocycles. The van der Waals surface area contributed by atoms with Crippen molar-refractivity contribution in [2.75, 3.05) is 24.5 Å². The minimum Gasteiger partial charge on any atom is -0.354 e. The number of pyridine rings is 1. The second-order valence-corrected chi connectivity index (χ2v) is 4.93. The normalized spacial score (nSPS) is 24.6. The van der Waals surface area contributed by atoms with Crippen LogP contribution >= 0.6 is 0 Å². The molecular weight excluding hydrogens is 198 g/mol. The number of aromatic nitrogens is 1. The molecule has 1 aliphatic heterocycles. The van der Waals surface area contributed by atoms with Gasteiger partial charge in [-0.3, -0.25) is 0 Å². The van der Waals surface area contributed by atoms with Crippen molar-refractivity contribution in [2.24, 2.45) is 0 Å². The number of nitrogens with zero attached hydrogens (tertiary/aromatic N) is 2. The minimum atomic E-state index is 0.573. The Morgan fingerprint density at radius 2 is 2.31 bits per heavy atom. The van der Waals surface area contributed by atoms with Crippen LogP contribution in [0.2, 0.25) is 0 Å². The molecule has 0 radical (unpaired) electrons. The third kappa shape index (κ3) is 1.80. The van der Waals surface area contributed by atoms with Crippen molar-refractivity contribution in [1.82, 2.24) is 10.3 Å². The second-order valence-electron chi connectivity index (χ2n) is 4.93. The molecule has 0 bridgehead atoms. The quantitative estimate of drug-likeness (QED) is 0.770. The standard InChI is InChI=1S/C13H19N3/c1-10-9-16(8-7-14-10)13-6-5-11-3-2-4-12(11)15-13/h5-6,10,14H,2-4,7-9H2,1H3/t10-/m0/s1. The number of piperazine rings is 1. The van der Waals surface area contributed by atoms with Gasteiger partial charge in [-0.2, -0.15) is 0 Å². The predicted molar refractivity (Wildman–Crippen MR) is 65.9 cm³/mol. The number of nitrogens with one attached hydrogen (secondary N) is 1. The zero-order valence-corrected chi connectivity index (χ0v) is 9.87. The van der Waals surface area contributed by atoms with Crippen LogP contribution in [0.5, 0.6) is 0 Å². The summed E-state index contributed by atoms with van der Waals surface area (Å²) in [6.07, 6.45) is 3.68. The van der Waals surface area contributed by atoms with Crippen molar-refractivity contribution >= 4 is 5.82 Å². The molecule has 2 heterocycles. The lowest BCUT2D eigenvalue weighted by Gasteiger charge is -2.33. The van der Waals surface area contributed by atoms with Crippen molar-refractivity contribution in [2.45, 2.75) is 32.2 Å². The van der Waals surface area contributed by atoms with E-state index >= 15 is 0 Å². The van der Waals surface area contributed by atoms with Gasteiger partial charge in [-0.05, 0) is 37.8 Å². The number of hydrogen-bond donors (Lipinski definition) is 1. The lowest BCUT2D eigenvalue weighted by Crippen LogP contribution is -2.49. The fourth-order valence-corrected chi connectivity index (χ4v) is 2.73. The van der Waals surface area contributed by atoms with Crippen LogP contribution in [-0.4, -0.2) is 30.7 Å². The Hall–Kier alpha value is -1.09. The highest BCUT2D eigenvalue weighted by molar-refractivity contribution is 5.43. The Morgan fingerprint density at radius 1 is 1.38 bits per heavy atom. The molecule has 3 rings (SSSR count). The smallest absolute Gasteiger partial charge is 0.128 e. The molecule has 1 saturated heterocycles. The van der Waals surface area contributed by atoms with Gasteiger partial charge in [0, 0.05) is 31.4 Å². The van der Waals surface area contributed by atoms with E-state index in [1.165, 1.54) is 36.3 Å².